The van der Waals surface area contributed by atoms with Gasteiger partial charge in [-0.15, -0.1) is 0 Å². The Hall–Kier alpha value is -1.88. The first-order valence-corrected chi connectivity index (χ1v) is 5.52. The molecule has 0 aliphatic carbocycles. The highest BCUT2D eigenvalue weighted by Crippen LogP contribution is 2.24. The van der Waals surface area contributed by atoms with Gasteiger partial charge < -0.3 is 10.3 Å². The van der Waals surface area contributed by atoms with Gasteiger partial charge >= 0.3 is 6.03 Å². The van der Waals surface area contributed by atoms with Gasteiger partial charge in [-0.3, -0.25) is 0 Å². The minimum atomic E-state index is -0.596. The number of primary amides is 1. The number of thiol groups is 1. The number of urea groups is 1. The van der Waals surface area contributed by atoms with E-state index in [9.17, 15) is 4.79 Å². The lowest BCUT2D eigenvalue weighted by atomic mass is 10.2. The predicted molar refractivity (Wildman–Crippen MR) is 71.6 cm³/mol. The van der Waals surface area contributed by atoms with Gasteiger partial charge in [0, 0.05) is 18.1 Å². The molecule has 2 amide bonds. The molecule has 0 aliphatic heterocycles. The van der Waals surface area contributed by atoms with Gasteiger partial charge in [-0.05, 0) is 36.8 Å². The van der Waals surface area contributed by atoms with Crippen molar-refractivity contribution in [3.63, 3.8) is 0 Å². The average Bonchev–Trinajstić information content (AvgIpc) is 2.82. The molecule has 4 nitrogen and oxygen atoms in total. The third-order valence-corrected chi connectivity index (χ3v) is 2.94. The Kier molecular flexibility index (Phi) is 3.10. The number of carbonyl (C=O) groups is 1. The number of aryl methyl sites for hydroxylation is 1. The minimum absolute atomic E-state index is 0.596. The number of anilines is 1. The van der Waals surface area contributed by atoms with Crippen LogP contribution in [-0.2, 0) is 0 Å². The molecule has 17 heavy (non-hydrogen) atoms. The molecule has 1 aromatic carbocycles. The van der Waals surface area contributed by atoms with E-state index >= 15 is 0 Å². The van der Waals surface area contributed by atoms with E-state index in [-0.39, 0.29) is 0 Å². The van der Waals surface area contributed by atoms with Gasteiger partial charge in [-0.1, -0.05) is 18.9 Å². The number of benzene rings is 1. The van der Waals surface area contributed by atoms with Gasteiger partial charge in [0.2, 0.25) is 0 Å². The Morgan fingerprint density at radius 2 is 2.00 bits per heavy atom. The Morgan fingerprint density at radius 3 is 2.59 bits per heavy atom. The van der Waals surface area contributed by atoms with Gasteiger partial charge in [0.05, 0.1) is 5.69 Å². The molecule has 0 atom stereocenters. The van der Waals surface area contributed by atoms with Crippen LogP contribution >= 0.6 is 12.8 Å². The van der Waals surface area contributed by atoms with E-state index in [2.05, 4.69) is 12.8 Å². The van der Waals surface area contributed by atoms with Crippen molar-refractivity contribution < 1.29 is 4.79 Å². The van der Waals surface area contributed by atoms with E-state index in [1.165, 1.54) is 0 Å². The molecule has 0 saturated carbocycles. The molecule has 0 saturated heterocycles. The molecule has 5 heteroatoms. The Labute approximate surface area is 105 Å². The fourth-order valence-electron chi connectivity index (χ4n) is 1.61. The van der Waals surface area contributed by atoms with Crippen molar-refractivity contribution in [3.8, 4) is 5.69 Å². The predicted octanol–water partition coefficient (Wildman–Crippen LogP) is 2.52. The molecule has 88 valence electrons. The Balaban J connectivity index is 2.46. The maximum absolute atomic E-state index is 11.1. The average molecular weight is 247 g/mol. The third kappa shape index (κ3) is 2.29. The lowest BCUT2D eigenvalue weighted by Crippen LogP contribution is -2.27. The second-order valence-corrected chi connectivity index (χ2v) is 4.11. The quantitative estimate of drug-likeness (QED) is 0.787. The molecule has 0 spiro atoms. The summed E-state index contributed by atoms with van der Waals surface area (Å²) in [6, 6.07) is 9.05. The molecule has 0 unspecified atom stereocenters. The standard InChI is InChI=1S/C12H13N3OS/c1-9-4-5-10(14-6-2-3-7-14)8-11(9)15(17)12(13)16/h2-8,17H,1H3,(H2,13,16). The van der Waals surface area contributed by atoms with Crippen LogP contribution in [0.1, 0.15) is 5.56 Å². The van der Waals surface area contributed by atoms with Crippen molar-refractivity contribution >= 4 is 24.5 Å². The number of aromatic nitrogens is 1. The second-order valence-electron chi connectivity index (χ2n) is 3.71. The maximum atomic E-state index is 11.1. The zero-order chi connectivity index (χ0) is 12.4. The molecule has 0 radical (unpaired) electrons. The summed E-state index contributed by atoms with van der Waals surface area (Å²) < 4.78 is 3.09. The monoisotopic (exact) mass is 247 g/mol. The number of nitrogens with two attached hydrogens (primary N) is 1. The van der Waals surface area contributed by atoms with E-state index in [0.29, 0.717) is 5.69 Å². The van der Waals surface area contributed by atoms with Crippen LogP contribution in [-0.4, -0.2) is 10.6 Å². The van der Waals surface area contributed by atoms with Crippen LogP contribution in [0, 0.1) is 6.92 Å². The number of rotatable bonds is 2. The van der Waals surface area contributed by atoms with Crippen LogP contribution in [0.2, 0.25) is 0 Å². The van der Waals surface area contributed by atoms with Crippen LogP contribution in [0.5, 0.6) is 0 Å². The van der Waals surface area contributed by atoms with Gasteiger partial charge in [0.1, 0.15) is 0 Å². The number of carbonyl (C=O) groups excluding carboxylic acids is 1. The van der Waals surface area contributed by atoms with Crippen molar-refractivity contribution in [2.45, 2.75) is 6.92 Å². The van der Waals surface area contributed by atoms with Crippen LogP contribution in [0.4, 0.5) is 10.5 Å². The molecule has 0 aliphatic rings. The van der Waals surface area contributed by atoms with E-state index in [4.69, 9.17) is 5.73 Å². The van der Waals surface area contributed by atoms with Crippen LogP contribution in [0.3, 0.4) is 0 Å². The minimum Gasteiger partial charge on any atom is -0.350 e. The first kappa shape index (κ1) is 11.6. The zero-order valence-corrected chi connectivity index (χ0v) is 10.3. The molecule has 1 aromatic heterocycles. The fraction of sp³-hybridized carbons (Fsp3) is 0.0833. The zero-order valence-electron chi connectivity index (χ0n) is 9.37. The van der Waals surface area contributed by atoms with Gasteiger partial charge in [0.15, 0.2) is 0 Å². The number of hydrogen-bond donors (Lipinski definition) is 2. The van der Waals surface area contributed by atoms with Crippen LogP contribution in [0.25, 0.3) is 5.69 Å². The second kappa shape index (κ2) is 4.55. The third-order valence-electron chi connectivity index (χ3n) is 2.53. The summed E-state index contributed by atoms with van der Waals surface area (Å²) in [5.41, 5.74) is 7.79. The van der Waals surface area contributed by atoms with Gasteiger partial charge in [0.25, 0.3) is 0 Å². The Bertz CT molecular complexity index is 537. The molecular formula is C12H13N3OS. The van der Waals surface area contributed by atoms with Crippen molar-refractivity contribution in [1.29, 1.82) is 0 Å². The molecule has 0 bridgehead atoms. The van der Waals surface area contributed by atoms with Crippen LogP contribution in [0.15, 0.2) is 42.7 Å². The molecule has 1 heterocycles. The van der Waals surface area contributed by atoms with Gasteiger partial charge in [-0.2, -0.15) is 0 Å². The fourth-order valence-corrected chi connectivity index (χ4v) is 1.83. The molecular weight excluding hydrogens is 234 g/mol. The summed E-state index contributed by atoms with van der Waals surface area (Å²) in [4.78, 5) is 11.1. The summed E-state index contributed by atoms with van der Waals surface area (Å²) in [7, 11) is 0. The summed E-state index contributed by atoms with van der Waals surface area (Å²) in [5, 5.41) is 0. The van der Waals surface area contributed by atoms with Crippen molar-refractivity contribution in [2.75, 3.05) is 4.31 Å². The lowest BCUT2D eigenvalue weighted by Gasteiger charge is -2.17. The largest absolute Gasteiger partial charge is 0.350 e. The van der Waals surface area contributed by atoms with Gasteiger partial charge in [-0.25, -0.2) is 9.10 Å². The van der Waals surface area contributed by atoms with E-state index in [1.54, 1.807) is 0 Å². The molecule has 2 rings (SSSR count). The number of nitrogens with zero attached hydrogens (tertiary/aromatic N) is 2. The van der Waals surface area contributed by atoms with E-state index in [0.717, 1.165) is 15.6 Å². The first-order chi connectivity index (χ1) is 8.09. The summed E-state index contributed by atoms with van der Waals surface area (Å²) in [6.45, 7) is 1.90. The molecule has 0 fully saturated rings. The Morgan fingerprint density at radius 1 is 1.35 bits per heavy atom. The number of hydrogen-bond acceptors (Lipinski definition) is 2. The molecule has 2 aromatic rings. The van der Waals surface area contributed by atoms with Crippen LogP contribution < -0.4 is 10.0 Å². The maximum Gasteiger partial charge on any atom is 0.329 e. The lowest BCUT2D eigenvalue weighted by molar-refractivity contribution is 0.257. The molecule has 2 N–H and O–H groups in total. The summed E-state index contributed by atoms with van der Waals surface area (Å²) in [5.74, 6) is 0. The first-order valence-electron chi connectivity index (χ1n) is 5.12. The highest BCUT2D eigenvalue weighted by Gasteiger charge is 2.11. The highest BCUT2D eigenvalue weighted by atomic mass is 32.1. The topological polar surface area (TPSA) is 51.3 Å². The van der Waals surface area contributed by atoms with E-state index < -0.39 is 6.03 Å². The summed E-state index contributed by atoms with van der Waals surface area (Å²) in [6.07, 6.45) is 3.86. The summed E-state index contributed by atoms with van der Waals surface area (Å²) >= 11 is 4.08. The van der Waals surface area contributed by atoms with E-state index in [1.807, 2.05) is 54.2 Å². The van der Waals surface area contributed by atoms with Crippen molar-refractivity contribution in [3.05, 3.63) is 48.3 Å². The SMILES string of the molecule is Cc1ccc(-n2cccc2)cc1N(S)C(N)=O. The highest BCUT2D eigenvalue weighted by molar-refractivity contribution is 7.82. The smallest absolute Gasteiger partial charge is 0.329 e. The number of amides is 2. The van der Waals surface area contributed by atoms with Crippen molar-refractivity contribution in [1.82, 2.24) is 4.57 Å². The normalized spacial score (nSPS) is 10.2. The van der Waals surface area contributed by atoms with Crippen molar-refractivity contribution in [2.24, 2.45) is 5.73 Å².